The first-order valence-electron chi connectivity index (χ1n) is 12.5. The Balaban J connectivity index is 2.04. The van der Waals surface area contributed by atoms with Gasteiger partial charge in [0.15, 0.2) is 0 Å². The molecule has 0 aliphatic heterocycles. The second-order valence-corrected chi connectivity index (χ2v) is 12.3. The fourth-order valence-electron chi connectivity index (χ4n) is 8.92. The zero-order valence-electron chi connectivity index (χ0n) is 21.1. The van der Waals surface area contributed by atoms with Gasteiger partial charge in [-0.05, 0) is 66.1 Å². The molecule has 3 heteroatoms. The molecule has 3 aliphatic carbocycles. The second kappa shape index (κ2) is 7.62. The van der Waals surface area contributed by atoms with Crippen LogP contribution in [0.2, 0.25) is 0 Å². The molecule has 0 amide bonds. The van der Waals surface area contributed by atoms with Crippen LogP contribution >= 0.6 is 0 Å². The Labute approximate surface area is 185 Å². The van der Waals surface area contributed by atoms with E-state index in [1.807, 2.05) is 0 Å². The third kappa shape index (κ3) is 3.12. The summed E-state index contributed by atoms with van der Waals surface area (Å²) in [4.78, 5) is 25.4. The third-order valence-electron chi connectivity index (χ3n) is 11.0. The van der Waals surface area contributed by atoms with Crippen molar-refractivity contribution in [1.29, 1.82) is 0 Å². The van der Waals surface area contributed by atoms with E-state index < -0.39 is 0 Å². The van der Waals surface area contributed by atoms with Gasteiger partial charge in [0.25, 0.3) is 0 Å². The van der Waals surface area contributed by atoms with Gasteiger partial charge in [-0.3, -0.25) is 9.59 Å². The Morgan fingerprint density at radius 2 is 1.70 bits per heavy atom. The van der Waals surface area contributed by atoms with E-state index in [1.165, 1.54) is 19.8 Å². The van der Waals surface area contributed by atoms with Gasteiger partial charge in [-0.25, -0.2) is 0 Å². The van der Waals surface area contributed by atoms with Crippen molar-refractivity contribution in [2.75, 3.05) is 0 Å². The van der Waals surface area contributed by atoms with Gasteiger partial charge in [0.1, 0.15) is 11.9 Å². The van der Waals surface area contributed by atoms with E-state index in [0.717, 1.165) is 32.1 Å². The van der Waals surface area contributed by atoms with Crippen LogP contribution in [0, 0.1) is 45.3 Å². The summed E-state index contributed by atoms with van der Waals surface area (Å²) in [6, 6.07) is 0. The number of hydrogen-bond acceptors (Lipinski definition) is 3. The maximum absolute atomic E-state index is 13.7. The van der Waals surface area contributed by atoms with Crippen molar-refractivity contribution in [3.63, 3.8) is 0 Å². The summed E-state index contributed by atoms with van der Waals surface area (Å²) >= 11 is 0. The van der Waals surface area contributed by atoms with E-state index in [0.29, 0.717) is 23.5 Å². The number of fused-ring (bicyclic) bond motifs is 3. The fourth-order valence-corrected chi connectivity index (χ4v) is 8.92. The average Bonchev–Trinajstić information content (AvgIpc) is 2.65. The van der Waals surface area contributed by atoms with Crippen LogP contribution in [-0.2, 0) is 14.3 Å². The Morgan fingerprint density at radius 1 is 1.07 bits per heavy atom. The maximum atomic E-state index is 13.7. The van der Waals surface area contributed by atoms with E-state index >= 15 is 0 Å². The number of ketones is 1. The lowest BCUT2D eigenvalue weighted by atomic mass is 9.34. The van der Waals surface area contributed by atoms with Gasteiger partial charge >= 0.3 is 5.97 Å². The minimum absolute atomic E-state index is 0.0119. The molecule has 0 aromatic carbocycles. The first-order valence-corrected chi connectivity index (χ1v) is 12.5. The molecule has 0 radical (unpaired) electrons. The van der Waals surface area contributed by atoms with Crippen molar-refractivity contribution in [1.82, 2.24) is 0 Å². The molecule has 3 fully saturated rings. The molecule has 0 spiro atoms. The average molecular weight is 419 g/mol. The zero-order chi connectivity index (χ0) is 22.7. The van der Waals surface area contributed by atoms with Gasteiger partial charge in [-0.1, -0.05) is 61.8 Å². The quantitative estimate of drug-likeness (QED) is 0.470. The highest BCUT2D eigenvalue weighted by Gasteiger charge is 2.68. The number of Topliss-reactive ketones (excluding diaryl/α,β-unsaturated/α-hetero) is 1. The summed E-state index contributed by atoms with van der Waals surface area (Å²) < 4.78 is 5.80. The van der Waals surface area contributed by atoms with E-state index in [4.69, 9.17) is 4.74 Å². The molecule has 172 valence electrons. The third-order valence-corrected chi connectivity index (χ3v) is 11.0. The van der Waals surface area contributed by atoms with Crippen LogP contribution in [0.4, 0.5) is 0 Å². The molecule has 8 atom stereocenters. The molecule has 0 N–H and O–H groups in total. The van der Waals surface area contributed by atoms with Gasteiger partial charge in [0.2, 0.25) is 0 Å². The Hall–Kier alpha value is -0.860. The number of carbonyl (C=O) groups excluding carboxylic acids is 2. The highest BCUT2D eigenvalue weighted by molar-refractivity contribution is 5.84. The molecule has 3 rings (SSSR count). The lowest BCUT2D eigenvalue weighted by Crippen LogP contribution is -2.66. The van der Waals surface area contributed by atoms with Crippen LogP contribution in [0.3, 0.4) is 0 Å². The zero-order valence-corrected chi connectivity index (χ0v) is 21.1. The van der Waals surface area contributed by atoms with Crippen LogP contribution in [0.1, 0.15) is 107 Å². The van der Waals surface area contributed by atoms with Crippen molar-refractivity contribution < 1.29 is 14.3 Å². The molecule has 0 heterocycles. The van der Waals surface area contributed by atoms with E-state index in [2.05, 4.69) is 55.4 Å². The lowest BCUT2D eigenvalue weighted by Gasteiger charge is -2.70. The van der Waals surface area contributed by atoms with E-state index in [9.17, 15) is 9.59 Å². The molecular formula is C27H46O3. The van der Waals surface area contributed by atoms with Gasteiger partial charge < -0.3 is 4.74 Å². The van der Waals surface area contributed by atoms with Gasteiger partial charge in [0, 0.05) is 24.7 Å². The van der Waals surface area contributed by atoms with Crippen molar-refractivity contribution in [2.45, 2.75) is 113 Å². The van der Waals surface area contributed by atoms with Gasteiger partial charge in [0.05, 0.1) is 0 Å². The minimum atomic E-state index is -0.167. The summed E-state index contributed by atoms with van der Waals surface area (Å²) in [7, 11) is 0. The molecular weight excluding hydrogens is 372 g/mol. The smallest absolute Gasteiger partial charge is 0.302 e. The van der Waals surface area contributed by atoms with E-state index in [-0.39, 0.29) is 39.7 Å². The van der Waals surface area contributed by atoms with Crippen LogP contribution in [0.25, 0.3) is 0 Å². The minimum Gasteiger partial charge on any atom is -0.462 e. The molecule has 0 aromatic heterocycles. The van der Waals surface area contributed by atoms with Crippen molar-refractivity contribution >= 4 is 11.8 Å². The standard InChI is InChI=1S/C27H46O3/c1-10-17(3)23-19(29)16-21-25(7)14-13-22(30-18(4)28)24(5,6)20(25)12-15-27(21,9)26(23,8)11-2/h17,20-23H,10-16H2,1-9H3. The summed E-state index contributed by atoms with van der Waals surface area (Å²) in [5.74, 6) is 1.87. The summed E-state index contributed by atoms with van der Waals surface area (Å²) in [6.07, 6.45) is 7.19. The van der Waals surface area contributed by atoms with Crippen molar-refractivity contribution in [2.24, 2.45) is 45.3 Å². The normalized spacial score (nSPS) is 46.5. The highest BCUT2D eigenvalue weighted by atomic mass is 16.5. The SMILES string of the molecule is CCC(C)C1C(=O)CC2C3(C)CCC(OC(C)=O)C(C)(C)C3CCC2(C)C1(C)CC. The first-order chi connectivity index (χ1) is 13.8. The Kier molecular flexibility index (Phi) is 6.05. The predicted octanol–water partition coefficient (Wildman–Crippen LogP) is 6.83. The van der Waals surface area contributed by atoms with Crippen LogP contribution < -0.4 is 0 Å². The first kappa shape index (κ1) is 23.8. The van der Waals surface area contributed by atoms with Crippen LogP contribution in [-0.4, -0.2) is 17.9 Å². The fraction of sp³-hybridized carbons (Fsp3) is 0.926. The van der Waals surface area contributed by atoms with Crippen LogP contribution in [0.5, 0.6) is 0 Å². The van der Waals surface area contributed by atoms with Gasteiger partial charge in [-0.2, -0.15) is 0 Å². The largest absolute Gasteiger partial charge is 0.462 e. The number of ether oxygens (including phenoxy) is 1. The summed E-state index contributed by atoms with van der Waals surface area (Å²) in [6.45, 7) is 20.4. The molecule has 0 bridgehead atoms. The Morgan fingerprint density at radius 3 is 2.23 bits per heavy atom. The number of carbonyl (C=O) groups is 2. The molecule has 0 aromatic rings. The topological polar surface area (TPSA) is 43.4 Å². The highest BCUT2D eigenvalue weighted by Crippen LogP contribution is 2.72. The molecule has 30 heavy (non-hydrogen) atoms. The van der Waals surface area contributed by atoms with Gasteiger partial charge in [-0.15, -0.1) is 0 Å². The number of rotatable bonds is 4. The monoisotopic (exact) mass is 418 g/mol. The van der Waals surface area contributed by atoms with Crippen LogP contribution in [0.15, 0.2) is 0 Å². The lowest BCUT2D eigenvalue weighted by molar-refractivity contribution is -0.229. The second-order valence-electron chi connectivity index (χ2n) is 12.3. The van der Waals surface area contributed by atoms with E-state index in [1.54, 1.807) is 0 Å². The summed E-state index contributed by atoms with van der Waals surface area (Å²) in [5, 5.41) is 0. The number of hydrogen-bond donors (Lipinski definition) is 0. The molecule has 8 unspecified atom stereocenters. The van der Waals surface area contributed by atoms with Crippen molar-refractivity contribution in [3.8, 4) is 0 Å². The maximum Gasteiger partial charge on any atom is 0.302 e. The molecule has 3 saturated carbocycles. The molecule has 3 aliphatic rings. The Bertz CT molecular complexity index is 696. The number of esters is 1. The molecule has 0 saturated heterocycles. The molecule has 3 nitrogen and oxygen atoms in total. The van der Waals surface area contributed by atoms with Crippen molar-refractivity contribution in [3.05, 3.63) is 0 Å². The predicted molar refractivity (Wildman–Crippen MR) is 122 cm³/mol. The summed E-state index contributed by atoms with van der Waals surface area (Å²) in [5.41, 5.74) is 0.297.